The standard InChI is InChI=1S/C24H28F3N5O6S/c1-6-14(16-9-12(10-38-16)11(2)3)30-22-18(20(21(28)34)39(36,37)31-22)29-15-8-7-13(24(25,26)27)17(19(15)33)23(35)32(4)5/h7-11,14,29,33H,6H2,1-5H3,(H2,28,34)(H,30,31). The van der Waals surface area contributed by atoms with E-state index in [-0.39, 0.29) is 5.92 Å². The third kappa shape index (κ3) is 5.87. The number of amides is 2. The highest BCUT2D eigenvalue weighted by atomic mass is 32.2. The number of benzene rings is 1. The molecule has 15 heteroatoms. The van der Waals surface area contributed by atoms with Crippen LogP contribution in [0.1, 0.15) is 66.4 Å². The van der Waals surface area contributed by atoms with Crippen LogP contribution < -0.4 is 15.8 Å². The van der Waals surface area contributed by atoms with Crippen molar-refractivity contribution in [2.45, 2.75) is 45.3 Å². The number of sulfonamides is 1. The highest BCUT2D eigenvalue weighted by Gasteiger charge is 2.41. The molecule has 39 heavy (non-hydrogen) atoms. The van der Waals surface area contributed by atoms with Crippen molar-refractivity contribution in [3.05, 3.63) is 57.5 Å². The van der Waals surface area contributed by atoms with Crippen LogP contribution in [0.25, 0.3) is 0 Å². The maximum Gasteiger partial charge on any atom is 0.417 e. The molecule has 0 saturated carbocycles. The Morgan fingerprint density at radius 2 is 1.90 bits per heavy atom. The maximum absolute atomic E-state index is 13.6. The fraction of sp³-hybridized carbons (Fsp3) is 0.375. The van der Waals surface area contributed by atoms with Gasteiger partial charge >= 0.3 is 6.18 Å². The van der Waals surface area contributed by atoms with Crippen LogP contribution in [0.3, 0.4) is 0 Å². The van der Waals surface area contributed by atoms with Gasteiger partial charge in [-0.25, -0.2) is 8.42 Å². The lowest BCUT2D eigenvalue weighted by atomic mass is 10.0. The summed E-state index contributed by atoms with van der Waals surface area (Å²) in [4.78, 5) is 29.0. The van der Waals surface area contributed by atoms with Crippen LogP contribution in [-0.4, -0.2) is 50.2 Å². The number of anilines is 1. The van der Waals surface area contributed by atoms with Crippen LogP contribution in [0, 0.1) is 0 Å². The molecule has 1 atom stereocenters. The molecule has 2 aromatic rings. The van der Waals surface area contributed by atoms with Crippen molar-refractivity contribution in [1.29, 1.82) is 0 Å². The molecular formula is C24H28F3N5O6S. The number of furan rings is 1. The average Bonchev–Trinajstić information content (AvgIpc) is 3.39. The fourth-order valence-electron chi connectivity index (χ4n) is 3.79. The van der Waals surface area contributed by atoms with Gasteiger partial charge in [0, 0.05) is 14.1 Å². The third-order valence-corrected chi connectivity index (χ3v) is 7.26. The number of alkyl halides is 3. The number of aliphatic imine (C=N–C) groups is 1. The van der Waals surface area contributed by atoms with Crippen LogP contribution in [0.5, 0.6) is 5.75 Å². The van der Waals surface area contributed by atoms with Gasteiger partial charge in [-0.15, -0.1) is 0 Å². The molecule has 2 heterocycles. The highest BCUT2D eigenvalue weighted by molar-refractivity contribution is 7.95. The third-order valence-electron chi connectivity index (χ3n) is 5.86. The van der Waals surface area contributed by atoms with Gasteiger partial charge in [0.1, 0.15) is 17.5 Å². The van der Waals surface area contributed by atoms with Gasteiger partial charge < -0.3 is 25.5 Å². The van der Waals surface area contributed by atoms with E-state index >= 15 is 0 Å². The Morgan fingerprint density at radius 1 is 1.26 bits per heavy atom. The SMILES string of the molecule is CCC(N=C1NS(=O)(=O)C(C(N)=O)=C1Nc1ccc(C(F)(F)F)c(C(=O)N(C)C)c1O)c1cc(C(C)C)co1. The van der Waals surface area contributed by atoms with E-state index in [0.29, 0.717) is 18.2 Å². The molecule has 0 saturated heterocycles. The Kier molecular flexibility index (Phi) is 8.05. The minimum absolute atomic E-state index is 0.137. The first-order valence-electron chi connectivity index (χ1n) is 11.6. The first kappa shape index (κ1) is 29.5. The smallest absolute Gasteiger partial charge is 0.417 e. The predicted octanol–water partition coefficient (Wildman–Crippen LogP) is 3.42. The Hall–Kier alpha value is -4.01. The molecule has 0 aliphatic carbocycles. The maximum atomic E-state index is 13.6. The zero-order valence-electron chi connectivity index (χ0n) is 21.7. The van der Waals surface area contributed by atoms with Gasteiger partial charge in [0.2, 0.25) is 0 Å². The quantitative estimate of drug-likeness (QED) is 0.352. The molecule has 5 N–H and O–H groups in total. The number of phenolic OH excluding ortho intramolecular Hbond substituents is 1. The molecule has 1 aromatic heterocycles. The number of phenols is 1. The number of nitrogens with zero attached hydrogens (tertiary/aromatic N) is 2. The number of hydrogen-bond acceptors (Lipinski definition) is 8. The molecule has 0 radical (unpaired) electrons. The minimum atomic E-state index is -4.99. The summed E-state index contributed by atoms with van der Waals surface area (Å²) < 4.78 is 74.1. The summed E-state index contributed by atoms with van der Waals surface area (Å²) in [6.45, 7) is 5.65. The number of nitrogens with one attached hydrogen (secondary N) is 2. The molecule has 11 nitrogen and oxygen atoms in total. The summed E-state index contributed by atoms with van der Waals surface area (Å²) in [6.07, 6.45) is -3.12. The number of aromatic hydroxyl groups is 1. The van der Waals surface area contributed by atoms with Gasteiger partial charge in [-0.05, 0) is 36.1 Å². The van der Waals surface area contributed by atoms with Crippen LogP contribution in [-0.2, 0) is 21.0 Å². The molecular weight excluding hydrogens is 543 g/mol. The second-order valence-electron chi connectivity index (χ2n) is 9.22. The summed E-state index contributed by atoms with van der Waals surface area (Å²) in [5.41, 5.74) is 2.69. The molecule has 212 valence electrons. The van der Waals surface area contributed by atoms with Crippen molar-refractivity contribution in [3.63, 3.8) is 0 Å². The molecule has 1 aliphatic rings. The number of amidine groups is 1. The van der Waals surface area contributed by atoms with Gasteiger partial charge in [-0.2, -0.15) is 13.2 Å². The van der Waals surface area contributed by atoms with Crippen LogP contribution >= 0.6 is 0 Å². The number of hydrogen-bond donors (Lipinski definition) is 4. The molecule has 1 aliphatic heterocycles. The second-order valence-corrected chi connectivity index (χ2v) is 10.8. The van der Waals surface area contributed by atoms with E-state index in [9.17, 15) is 36.3 Å². The van der Waals surface area contributed by atoms with E-state index in [1.54, 1.807) is 13.0 Å². The van der Waals surface area contributed by atoms with Crippen molar-refractivity contribution in [1.82, 2.24) is 9.62 Å². The molecule has 2 amide bonds. The van der Waals surface area contributed by atoms with E-state index in [0.717, 1.165) is 16.5 Å². The summed E-state index contributed by atoms with van der Waals surface area (Å²) >= 11 is 0. The zero-order chi connectivity index (χ0) is 29.4. The van der Waals surface area contributed by atoms with Crippen molar-refractivity contribution in [3.8, 4) is 5.75 Å². The van der Waals surface area contributed by atoms with E-state index in [2.05, 4.69) is 15.0 Å². The lowest BCUT2D eigenvalue weighted by Gasteiger charge is -2.20. The fourth-order valence-corrected chi connectivity index (χ4v) is 4.99. The van der Waals surface area contributed by atoms with Gasteiger partial charge in [0.15, 0.2) is 16.5 Å². The second kappa shape index (κ2) is 10.6. The Balaban J connectivity index is 2.20. The number of carbonyl (C=O) groups excluding carboxylic acids is 2. The largest absolute Gasteiger partial charge is 0.505 e. The Bertz CT molecular complexity index is 1480. The molecule has 1 aromatic carbocycles. The normalized spacial score (nSPS) is 16.9. The summed E-state index contributed by atoms with van der Waals surface area (Å²) in [7, 11) is -2.15. The van der Waals surface area contributed by atoms with E-state index in [4.69, 9.17) is 10.2 Å². The average molecular weight is 572 g/mol. The van der Waals surface area contributed by atoms with Gasteiger partial charge in [-0.3, -0.25) is 19.3 Å². The van der Waals surface area contributed by atoms with Crippen LogP contribution in [0.2, 0.25) is 0 Å². The minimum Gasteiger partial charge on any atom is -0.505 e. The summed E-state index contributed by atoms with van der Waals surface area (Å²) in [5, 5.41) is 13.2. The van der Waals surface area contributed by atoms with Gasteiger partial charge in [0.25, 0.3) is 21.8 Å². The van der Waals surface area contributed by atoms with E-state index < -0.39 is 73.1 Å². The summed E-state index contributed by atoms with van der Waals surface area (Å²) in [5.74, 6) is -3.53. The van der Waals surface area contributed by atoms with Gasteiger partial charge in [-0.1, -0.05) is 20.8 Å². The van der Waals surface area contributed by atoms with Gasteiger partial charge in [0.05, 0.1) is 23.1 Å². The molecule has 0 fully saturated rings. The molecule has 3 rings (SSSR count). The molecule has 1 unspecified atom stereocenters. The van der Waals surface area contributed by atoms with Crippen molar-refractivity contribution >= 4 is 33.4 Å². The number of rotatable bonds is 8. The topological polar surface area (TPSA) is 167 Å². The predicted molar refractivity (Wildman–Crippen MR) is 136 cm³/mol. The number of nitrogens with two attached hydrogens (primary N) is 1. The van der Waals surface area contributed by atoms with Crippen molar-refractivity contribution in [2.24, 2.45) is 10.7 Å². The molecule has 0 bridgehead atoms. The van der Waals surface area contributed by atoms with Crippen LogP contribution in [0.4, 0.5) is 18.9 Å². The molecule has 0 spiro atoms. The Labute approximate surface area is 222 Å². The zero-order valence-corrected chi connectivity index (χ0v) is 22.5. The highest BCUT2D eigenvalue weighted by Crippen LogP contribution is 2.41. The Morgan fingerprint density at radius 3 is 2.38 bits per heavy atom. The van der Waals surface area contributed by atoms with Crippen molar-refractivity contribution < 1.29 is 40.7 Å². The first-order chi connectivity index (χ1) is 18.0. The van der Waals surface area contributed by atoms with E-state index in [1.165, 1.54) is 20.4 Å². The number of halogens is 3. The monoisotopic (exact) mass is 571 g/mol. The van der Waals surface area contributed by atoms with Crippen molar-refractivity contribution in [2.75, 3.05) is 19.4 Å². The summed E-state index contributed by atoms with van der Waals surface area (Å²) in [6, 6.07) is 2.35. The lowest BCUT2D eigenvalue weighted by Crippen LogP contribution is -2.28. The number of carbonyl (C=O) groups is 2. The van der Waals surface area contributed by atoms with E-state index in [1.807, 2.05) is 13.8 Å². The number of primary amides is 1. The van der Waals surface area contributed by atoms with Crippen LogP contribution in [0.15, 0.2) is 44.5 Å². The first-order valence-corrected chi connectivity index (χ1v) is 13.1. The lowest BCUT2D eigenvalue weighted by molar-refractivity contribution is -0.138.